The van der Waals surface area contributed by atoms with Crippen molar-refractivity contribution in [2.24, 2.45) is 0 Å². The summed E-state index contributed by atoms with van der Waals surface area (Å²) in [5, 5.41) is 0.472. The number of carbonyl (C=O) groups is 1. The van der Waals surface area contributed by atoms with E-state index in [9.17, 15) is 13.2 Å². The van der Waals surface area contributed by atoms with Gasteiger partial charge in [-0.05, 0) is 44.2 Å². The van der Waals surface area contributed by atoms with Crippen molar-refractivity contribution in [2.75, 3.05) is 13.7 Å². The third-order valence-electron chi connectivity index (χ3n) is 4.12. The quantitative estimate of drug-likeness (QED) is 0.641. The molecule has 6 nitrogen and oxygen atoms in total. The van der Waals surface area contributed by atoms with Crippen LogP contribution in [0.5, 0.6) is 5.75 Å². The molecule has 0 amide bonds. The molecule has 0 fully saturated rings. The molecule has 0 radical (unpaired) electrons. The Kier molecular flexibility index (Phi) is 4.73. The Hall–Kier alpha value is -2.80. The molecule has 1 heterocycles. The first-order valence-electron chi connectivity index (χ1n) is 8.08. The number of ether oxygens (including phenoxy) is 2. The average molecular weight is 373 g/mol. The summed E-state index contributed by atoms with van der Waals surface area (Å²) in [6.07, 6.45) is 0. The van der Waals surface area contributed by atoms with E-state index in [2.05, 4.69) is 0 Å². The number of benzene rings is 2. The van der Waals surface area contributed by atoms with Crippen molar-refractivity contribution in [2.45, 2.75) is 18.7 Å². The first kappa shape index (κ1) is 18.0. The lowest BCUT2D eigenvalue weighted by Crippen LogP contribution is -2.15. The summed E-state index contributed by atoms with van der Waals surface area (Å²) in [5.74, 6) is -0.0393. The molecule has 7 heteroatoms. The highest BCUT2D eigenvalue weighted by Crippen LogP contribution is 2.33. The Bertz CT molecular complexity index is 1070. The lowest BCUT2D eigenvalue weighted by molar-refractivity contribution is 0.0528. The van der Waals surface area contributed by atoms with Gasteiger partial charge in [0.1, 0.15) is 5.75 Å². The van der Waals surface area contributed by atoms with Gasteiger partial charge in [-0.25, -0.2) is 17.2 Å². The SMILES string of the molecule is CCOC(=O)c1c(C)n(S(=O)(=O)c2ccccc2)c2ccc(OC)cc12. The molecule has 0 aliphatic heterocycles. The van der Waals surface area contributed by atoms with Gasteiger partial charge in [-0.15, -0.1) is 0 Å². The second-order valence-corrected chi connectivity index (χ2v) is 7.43. The second kappa shape index (κ2) is 6.84. The van der Waals surface area contributed by atoms with Crippen molar-refractivity contribution in [1.82, 2.24) is 3.97 Å². The van der Waals surface area contributed by atoms with Crippen molar-refractivity contribution in [3.63, 3.8) is 0 Å². The Morgan fingerprint density at radius 3 is 2.42 bits per heavy atom. The van der Waals surface area contributed by atoms with E-state index in [0.717, 1.165) is 0 Å². The molecular formula is C19H19NO5S. The monoisotopic (exact) mass is 373 g/mol. The number of rotatable bonds is 5. The normalized spacial score (nSPS) is 11.5. The van der Waals surface area contributed by atoms with Gasteiger partial charge in [-0.1, -0.05) is 18.2 Å². The van der Waals surface area contributed by atoms with Crippen LogP contribution >= 0.6 is 0 Å². The standard InChI is InChI=1S/C19H19NO5S/c1-4-25-19(21)18-13(2)20(17-11-10-14(24-3)12-16(17)18)26(22,23)15-8-6-5-7-9-15/h5-12H,4H2,1-3H3. The summed E-state index contributed by atoms with van der Waals surface area (Å²) in [7, 11) is -2.37. The van der Waals surface area contributed by atoms with E-state index >= 15 is 0 Å². The number of fused-ring (bicyclic) bond motifs is 1. The Balaban J connectivity index is 2.37. The van der Waals surface area contributed by atoms with Gasteiger partial charge in [0.15, 0.2) is 0 Å². The number of hydrogen-bond acceptors (Lipinski definition) is 5. The van der Waals surface area contributed by atoms with Gasteiger partial charge in [0.05, 0.1) is 29.7 Å². The van der Waals surface area contributed by atoms with Gasteiger partial charge in [0.2, 0.25) is 0 Å². The van der Waals surface area contributed by atoms with E-state index in [1.807, 2.05) is 0 Å². The van der Waals surface area contributed by atoms with Crippen molar-refractivity contribution in [3.8, 4) is 5.75 Å². The van der Waals surface area contributed by atoms with Gasteiger partial charge >= 0.3 is 5.97 Å². The topological polar surface area (TPSA) is 74.6 Å². The van der Waals surface area contributed by atoms with Crippen LogP contribution in [-0.2, 0) is 14.8 Å². The summed E-state index contributed by atoms with van der Waals surface area (Å²) in [6, 6.07) is 13.0. The lowest BCUT2D eigenvalue weighted by atomic mass is 10.1. The number of methoxy groups -OCH3 is 1. The van der Waals surface area contributed by atoms with Crippen LogP contribution in [0, 0.1) is 6.92 Å². The number of esters is 1. The Morgan fingerprint density at radius 1 is 1.12 bits per heavy atom. The third-order valence-corrected chi connectivity index (χ3v) is 5.94. The van der Waals surface area contributed by atoms with Crippen molar-refractivity contribution in [1.29, 1.82) is 0 Å². The molecule has 0 saturated heterocycles. The minimum absolute atomic E-state index is 0.145. The third kappa shape index (κ3) is 2.84. The molecule has 136 valence electrons. The molecule has 0 aliphatic rings. The van der Waals surface area contributed by atoms with Gasteiger partial charge in [0.25, 0.3) is 10.0 Å². The molecule has 2 aromatic carbocycles. The summed E-state index contributed by atoms with van der Waals surface area (Å²) in [5.41, 5.74) is 0.922. The maximum Gasteiger partial charge on any atom is 0.340 e. The smallest absolute Gasteiger partial charge is 0.340 e. The molecule has 0 N–H and O–H groups in total. The molecule has 0 saturated carbocycles. The molecule has 26 heavy (non-hydrogen) atoms. The average Bonchev–Trinajstić information content (AvgIpc) is 2.94. The summed E-state index contributed by atoms with van der Waals surface area (Å²) in [4.78, 5) is 12.6. The fourth-order valence-corrected chi connectivity index (χ4v) is 4.55. The first-order chi connectivity index (χ1) is 12.4. The molecule has 0 aliphatic carbocycles. The van der Waals surface area contributed by atoms with Crippen molar-refractivity contribution in [3.05, 3.63) is 59.8 Å². The first-order valence-corrected chi connectivity index (χ1v) is 9.52. The summed E-state index contributed by atoms with van der Waals surface area (Å²) >= 11 is 0. The van der Waals surface area contributed by atoms with Crippen molar-refractivity contribution >= 4 is 26.9 Å². The molecule has 0 bridgehead atoms. The van der Waals surface area contributed by atoms with Crippen LogP contribution in [0.4, 0.5) is 0 Å². The van der Waals surface area contributed by atoms with E-state index in [1.54, 1.807) is 50.2 Å². The van der Waals surface area contributed by atoms with Gasteiger partial charge < -0.3 is 9.47 Å². The number of carbonyl (C=O) groups excluding carboxylic acids is 1. The van der Waals surface area contributed by atoms with Gasteiger partial charge in [0, 0.05) is 11.1 Å². The minimum atomic E-state index is -3.88. The summed E-state index contributed by atoms with van der Waals surface area (Å²) in [6.45, 7) is 3.49. The molecule has 3 rings (SSSR count). The van der Waals surface area contributed by atoms with Crippen LogP contribution in [0.1, 0.15) is 23.0 Å². The number of aromatic nitrogens is 1. The zero-order chi connectivity index (χ0) is 18.9. The van der Waals surface area contributed by atoms with Gasteiger partial charge in [-0.2, -0.15) is 0 Å². The van der Waals surface area contributed by atoms with Crippen molar-refractivity contribution < 1.29 is 22.7 Å². The van der Waals surface area contributed by atoms with E-state index in [1.165, 1.54) is 23.2 Å². The number of nitrogens with zero attached hydrogens (tertiary/aromatic N) is 1. The maximum atomic E-state index is 13.2. The minimum Gasteiger partial charge on any atom is -0.497 e. The van der Waals surface area contributed by atoms with Crippen LogP contribution in [0.25, 0.3) is 10.9 Å². The second-order valence-electron chi connectivity index (χ2n) is 5.65. The van der Waals surface area contributed by atoms with E-state index in [0.29, 0.717) is 22.3 Å². The zero-order valence-electron chi connectivity index (χ0n) is 14.7. The molecule has 0 atom stereocenters. The van der Waals surface area contributed by atoms with E-state index < -0.39 is 16.0 Å². The highest BCUT2D eigenvalue weighted by atomic mass is 32.2. The zero-order valence-corrected chi connectivity index (χ0v) is 15.5. The van der Waals surface area contributed by atoms with Crippen LogP contribution in [0.3, 0.4) is 0 Å². The Morgan fingerprint density at radius 2 is 1.81 bits per heavy atom. The lowest BCUT2D eigenvalue weighted by Gasteiger charge is -2.10. The molecule has 0 spiro atoms. The predicted octanol–water partition coefficient (Wildman–Crippen LogP) is 3.37. The van der Waals surface area contributed by atoms with Crippen LogP contribution in [0.2, 0.25) is 0 Å². The van der Waals surface area contributed by atoms with E-state index in [4.69, 9.17) is 9.47 Å². The number of hydrogen-bond donors (Lipinski definition) is 0. The van der Waals surface area contributed by atoms with E-state index in [-0.39, 0.29) is 17.1 Å². The van der Waals surface area contributed by atoms with Crippen LogP contribution < -0.4 is 4.74 Å². The fourth-order valence-electron chi connectivity index (χ4n) is 2.97. The van der Waals surface area contributed by atoms with Crippen LogP contribution in [-0.4, -0.2) is 32.1 Å². The van der Waals surface area contributed by atoms with Gasteiger partial charge in [-0.3, -0.25) is 0 Å². The maximum absolute atomic E-state index is 13.2. The fraction of sp³-hybridized carbons (Fsp3) is 0.211. The van der Waals surface area contributed by atoms with Crippen LogP contribution in [0.15, 0.2) is 53.4 Å². The molecular weight excluding hydrogens is 354 g/mol. The largest absolute Gasteiger partial charge is 0.497 e. The predicted molar refractivity (Wildman–Crippen MR) is 98.2 cm³/mol. The molecule has 3 aromatic rings. The summed E-state index contributed by atoms with van der Waals surface area (Å²) < 4.78 is 37.9. The Labute approximate surface area is 152 Å². The highest BCUT2D eigenvalue weighted by Gasteiger charge is 2.28. The molecule has 0 unspecified atom stereocenters. The molecule has 1 aromatic heterocycles. The highest BCUT2D eigenvalue weighted by molar-refractivity contribution is 7.90.